The van der Waals surface area contributed by atoms with Gasteiger partial charge in [-0.25, -0.2) is 0 Å². The van der Waals surface area contributed by atoms with Crippen molar-refractivity contribution in [3.8, 4) is 0 Å². The fourth-order valence-corrected chi connectivity index (χ4v) is 1.58. The molecule has 0 fully saturated rings. The molecule has 4 N–H and O–H groups in total. The van der Waals surface area contributed by atoms with Gasteiger partial charge in [0.1, 0.15) is 5.84 Å². The molecule has 0 aliphatic rings. The van der Waals surface area contributed by atoms with Crippen LogP contribution in [0.25, 0.3) is 0 Å². The number of carbonyl (C=O) groups excluding carboxylic acids is 2. The normalized spacial score (nSPS) is 9.85. The molecule has 0 saturated carbocycles. The fraction of sp³-hybridized carbons (Fsp3) is 0.357. The Labute approximate surface area is 117 Å². The molecular weight excluding hydrogens is 258 g/mol. The van der Waals surface area contributed by atoms with Crippen molar-refractivity contribution in [1.82, 2.24) is 0 Å². The predicted molar refractivity (Wildman–Crippen MR) is 76.6 cm³/mol. The van der Waals surface area contributed by atoms with Crippen LogP contribution >= 0.6 is 0 Å². The minimum atomic E-state index is -0.286. The first kappa shape index (κ1) is 15.7. The van der Waals surface area contributed by atoms with Gasteiger partial charge < -0.3 is 15.8 Å². The second-order valence-electron chi connectivity index (χ2n) is 4.20. The van der Waals surface area contributed by atoms with Crippen molar-refractivity contribution < 1.29 is 14.3 Å². The van der Waals surface area contributed by atoms with E-state index < -0.39 is 0 Å². The number of amides is 1. The van der Waals surface area contributed by atoms with Crippen molar-refractivity contribution in [2.24, 2.45) is 5.73 Å². The SMILES string of the molecule is CCOC(=O)CCCC(=O)Nc1ccc(C(=N)N)cc1. The maximum absolute atomic E-state index is 11.6. The van der Waals surface area contributed by atoms with E-state index in [0.717, 1.165) is 0 Å². The molecule has 0 aliphatic carbocycles. The summed E-state index contributed by atoms with van der Waals surface area (Å²) in [6.45, 7) is 2.10. The summed E-state index contributed by atoms with van der Waals surface area (Å²) in [5.41, 5.74) is 6.57. The highest BCUT2D eigenvalue weighted by atomic mass is 16.5. The van der Waals surface area contributed by atoms with Gasteiger partial charge in [-0.05, 0) is 37.6 Å². The molecule has 6 nitrogen and oxygen atoms in total. The third kappa shape index (κ3) is 5.51. The van der Waals surface area contributed by atoms with Crippen molar-refractivity contribution in [3.63, 3.8) is 0 Å². The lowest BCUT2D eigenvalue weighted by Gasteiger charge is -2.06. The van der Waals surface area contributed by atoms with Crippen LogP contribution in [0.4, 0.5) is 5.69 Å². The van der Waals surface area contributed by atoms with E-state index in [1.807, 2.05) is 0 Å². The summed E-state index contributed by atoms with van der Waals surface area (Å²) < 4.78 is 4.77. The van der Waals surface area contributed by atoms with Crippen LogP contribution in [0.3, 0.4) is 0 Å². The summed E-state index contributed by atoms with van der Waals surface area (Å²) in [5.74, 6) is -0.465. The van der Waals surface area contributed by atoms with E-state index in [9.17, 15) is 9.59 Å². The van der Waals surface area contributed by atoms with E-state index in [2.05, 4.69) is 5.32 Å². The molecule has 1 aromatic carbocycles. The Morgan fingerprint density at radius 1 is 1.25 bits per heavy atom. The molecule has 0 spiro atoms. The summed E-state index contributed by atoms with van der Waals surface area (Å²) >= 11 is 0. The number of nitrogens with one attached hydrogen (secondary N) is 2. The molecule has 20 heavy (non-hydrogen) atoms. The number of rotatable bonds is 7. The number of hydrogen-bond acceptors (Lipinski definition) is 4. The average molecular weight is 277 g/mol. The third-order valence-electron chi connectivity index (χ3n) is 2.57. The molecule has 0 aliphatic heterocycles. The number of nitrogen functional groups attached to an aromatic ring is 1. The zero-order valence-electron chi connectivity index (χ0n) is 11.4. The quantitative estimate of drug-likeness (QED) is 0.400. The number of benzene rings is 1. The van der Waals surface area contributed by atoms with Gasteiger partial charge >= 0.3 is 5.97 Å². The number of carbonyl (C=O) groups is 2. The van der Waals surface area contributed by atoms with Gasteiger partial charge in [0, 0.05) is 24.1 Å². The van der Waals surface area contributed by atoms with E-state index in [1.165, 1.54) is 0 Å². The summed E-state index contributed by atoms with van der Waals surface area (Å²) in [7, 11) is 0. The lowest BCUT2D eigenvalue weighted by Crippen LogP contribution is -2.13. The summed E-state index contributed by atoms with van der Waals surface area (Å²) in [6.07, 6.45) is 0.952. The lowest BCUT2D eigenvalue weighted by atomic mass is 10.2. The first-order valence-corrected chi connectivity index (χ1v) is 6.43. The van der Waals surface area contributed by atoms with Gasteiger partial charge in [-0.15, -0.1) is 0 Å². The number of nitrogens with two attached hydrogens (primary N) is 1. The van der Waals surface area contributed by atoms with Crippen LogP contribution in [0, 0.1) is 5.41 Å². The van der Waals surface area contributed by atoms with Crippen LogP contribution in [0.2, 0.25) is 0 Å². The first-order valence-electron chi connectivity index (χ1n) is 6.43. The largest absolute Gasteiger partial charge is 0.466 e. The lowest BCUT2D eigenvalue weighted by molar-refractivity contribution is -0.143. The second kappa shape index (κ2) is 7.93. The van der Waals surface area contributed by atoms with Crippen molar-refractivity contribution in [1.29, 1.82) is 5.41 Å². The maximum atomic E-state index is 11.6. The topological polar surface area (TPSA) is 105 Å². The molecular formula is C14H19N3O3. The molecule has 0 heterocycles. The minimum Gasteiger partial charge on any atom is -0.466 e. The molecule has 0 radical (unpaired) electrons. The standard InChI is InChI=1S/C14H19N3O3/c1-2-20-13(19)5-3-4-12(18)17-11-8-6-10(7-9-11)14(15)16/h6-9H,2-5H2,1H3,(H3,15,16)(H,17,18). The number of esters is 1. The van der Waals surface area contributed by atoms with Crippen LogP contribution in [0.1, 0.15) is 31.7 Å². The highest BCUT2D eigenvalue weighted by Gasteiger charge is 2.06. The Morgan fingerprint density at radius 3 is 2.45 bits per heavy atom. The number of amidine groups is 1. The molecule has 0 saturated heterocycles. The van der Waals surface area contributed by atoms with Crippen LogP contribution in [0.15, 0.2) is 24.3 Å². The van der Waals surface area contributed by atoms with E-state index in [4.69, 9.17) is 15.9 Å². The Bertz CT molecular complexity index is 483. The monoisotopic (exact) mass is 277 g/mol. The van der Waals surface area contributed by atoms with Crippen molar-refractivity contribution in [3.05, 3.63) is 29.8 Å². The van der Waals surface area contributed by atoms with E-state index in [1.54, 1.807) is 31.2 Å². The fourth-order valence-electron chi connectivity index (χ4n) is 1.58. The predicted octanol–water partition coefficient (Wildman–Crippen LogP) is 1.64. The zero-order chi connectivity index (χ0) is 15.0. The Kier molecular flexibility index (Phi) is 6.22. The van der Waals surface area contributed by atoms with E-state index in [0.29, 0.717) is 24.3 Å². The van der Waals surface area contributed by atoms with Crippen molar-refractivity contribution in [2.75, 3.05) is 11.9 Å². The molecule has 1 rings (SSSR count). The number of anilines is 1. The van der Waals surface area contributed by atoms with Crippen LogP contribution in [-0.2, 0) is 14.3 Å². The Morgan fingerprint density at radius 2 is 1.90 bits per heavy atom. The molecule has 0 atom stereocenters. The molecule has 1 aromatic rings. The molecule has 0 aromatic heterocycles. The van der Waals surface area contributed by atoms with Crippen molar-refractivity contribution in [2.45, 2.75) is 26.2 Å². The van der Waals surface area contributed by atoms with Crippen LogP contribution in [-0.4, -0.2) is 24.3 Å². The summed E-state index contributed by atoms with van der Waals surface area (Å²) in [4.78, 5) is 22.7. The average Bonchev–Trinajstić information content (AvgIpc) is 2.39. The molecule has 1 amide bonds. The zero-order valence-corrected chi connectivity index (χ0v) is 11.4. The van der Waals surface area contributed by atoms with Gasteiger partial charge in [0.15, 0.2) is 0 Å². The Hall–Kier alpha value is -2.37. The highest BCUT2D eigenvalue weighted by Crippen LogP contribution is 2.10. The first-order chi connectivity index (χ1) is 9.52. The van der Waals surface area contributed by atoms with Gasteiger partial charge in [-0.1, -0.05) is 0 Å². The smallest absolute Gasteiger partial charge is 0.305 e. The van der Waals surface area contributed by atoms with Gasteiger partial charge in [-0.2, -0.15) is 0 Å². The number of ether oxygens (including phenoxy) is 1. The van der Waals surface area contributed by atoms with Crippen LogP contribution < -0.4 is 11.1 Å². The van der Waals surface area contributed by atoms with E-state index >= 15 is 0 Å². The van der Waals surface area contributed by atoms with E-state index in [-0.39, 0.29) is 30.6 Å². The molecule has 6 heteroatoms. The molecule has 0 bridgehead atoms. The third-order valence-corrected chi connectivity index (χ3v) is 2.57. The maximum Gasteiger partial charge on any atom is 0.305 e. The molecule has 108 valence electrons. The van der Waals surface area contributed by atoms with Gasteiger partial charge in [0.25, 0.3) is 0 Å². The second-order valence-corrected chi connectivity index (χ2v) is 4.20. The number of hydrogen-bond donors (Lipinski definition) is 3. The van der Waals surface area contributed by atoms with Gasteiger partial charge in [0.2, 0.25) is 5.91 Å². The summed E-state index contributed by atoms with van der Waals surface area (Å²) in [5, 5.41) is 9.97. The van der Waals surface area contributed by atoms with Gasteiger partial charge in [0.05, 0.1) is 6.61 Å². The Balaban J connectivity index is 2.35. The van der Waals surface area contributed by atoms with Crippen molar-refractivity contribution >= 4 is 23.4 Å². The van der Waals surface area contributed by atoms with Gasteiger partial charge in [-0.3, -0.25) is 15.0 Å². The summed E-state index contributed by atoms with van der Waals surface area (Å²) in [6, 6.07) is 6.69. The minimum absolute atomic E-state index is 0.0164. The van der Waals surface area contributed by atoms with Crippen LogP contribution in [0.5, 0.6) is 0 Å². The molecule has 0 unspecified atom stereocenters. The highest BCUT2D eigenvalue weighted by molar-refractivity contribution is 5.96.